The number of nitrogens with two attached hydrogens (primary N) is 1. The molecule has 2 rings (SSSR count). The monoisotopic (exact) mass is 221 g/mol. The molecule has 1 aromatic heterocycles. The molecule has 0 spiro atoms. The molecule has 2 unspecified atom stereocenters. The SMILES string of the molecule is CC1CCN(c2cc(CN)ccn2)C1CO. The van der Waals surface area contributed by atoms with Crippen molar-refractivity contribution in [3.63, 3.8) is 0 Å². The molecule has 0 saturated carbocycles. The van der Waals surface area contributed by atoms with Gasteiger partial charge in [0.1, 0.15) is 5.82 Å². The lowest BCUT2D eigenvalue weighted by Crippen LogP contribution is -2.35. The van der Waals surface area contributed by atoms with Crippen molar-refractivity contribution in [2.75, 3.05) is 18.1 Å². The van der Waals surface area contributed by atoms with E-state index in [4.69, 9.17) is 5.73 Å². The molecule has 0 aromatic carbocycles. The second-order valence-electron chi connectivity index (χ2n) is 4.44. The summed E-state index contributed by atoms with van der Waals surface area (Å²) in [6, 6.07) is 4.14. The summed E-state index contributed by atoms with van der Waals surface area (Å²) in [5, 5.41) is 9.40. The number of hydrogen-bond acceptors (Lipinski definition) is 4. The van der Waals surface area contributed by atoms with Crippen LogP contribution in [-0.4, -0.2) is 29.3 Å². The zero-order valence-corrected chi connectivity index (χ0v) is 9.63. The third kappa shape index (κ3) is 2.03. The van der Waals surface area contributed by atoms with E-state index >= 15 is 0 Å². The summed E-state index contributed by atoms with van der Waals surface area (Å²) in [7, 11) is 0. The number of aliphatic hydroxyl groups excluding tert-OH is 1. The Morgan fingerprint density at radius 2 is 2.44 bits per heavy atom. The highest BCUT2D eigenvalue weighted by Gasteiger charge is 2.31. The second kappa shape index (κ2) is 4.80. The first-order chi connectivity index (χ1) is 7.76. The number of nitrogens with zero attached hydrogens (tertiary/aromatic N) is 2. The Balaban J connectivity index is 2.22. The van der Waals surface area contributed by atoms with Gasteiger partial charge in [-0.05, 0) is 30.0 Å². The first kappa shape index (κ1) is 11.4. The molecule has 2 atom stereocenters. The van der Waals surface area contributed by atoms with Crippen molar-refractivity contribution in [3.8, 4) is 0 Å². The molecule has 88 valence electrons. The van der Waals surface area contributed by atoms with Crippen LogP contribution >= 0.6 is 0 Å². The van der Waals surface area contributed by atoms with E-state index in [9.17, 15) is 5.11 Å². The largest absolute Gasteiger partial charge is 0.394 e. The quantitative estimate of drug-likeness (QED) is 0.790. The van der Waals surface area contributed by atoms with Crippen LogP contribution in [0.5, 0.6) is 0 Å². The smallest absolute Gasteiger partial charge is 0.129 e. The molecule has 0 radical (unpaired) electrons. The molecule has 1 fully saturated rings. The van der Waals surface area contributed by atoms with Crippen LogP contribution in [0.1, 0.15) is 18.9 Å². The van der Waals surface area contributed by atoms with Crippen molar-refractivity contribution >= 4 is 5.82 Å². The summed E-state index contributed by atoms with van der Waals surface area (Å²) >= 11 is 0. The average Bonchev–Trinajstić information content (AvgIpc) is 2.70. The Bertz CT molecular complexity index is 356. The van der Waals surface area contributed by atoms with Gasteiger partial charge in [-0.1, -0.05) is 6.92 Å². The summed E-state index contributed by atoms with van der Waals surface area (Å²) < 4.78 is 0. The average molecular weight is 221 g/mol. The highest BCUT2D eigenvalue weighted by atomic mass is 16.3. The summed E-state index contributed by atoms with van der Waals surface area (Å²) in [5.41, 5.74) is 6.70. The fourth-order valence-corrected chi connectivity index (χ4v) is 2.32. The number of hydrogen-bond donors (Lipinski definition) is 2. The molecule has 1 saturated heterocycles. The molecular weight excluding hydrogens is 202 g/mol. The fourth-order valence-electron chi connectivity index (χ4n) is 2.32. The number of rotatable bonds is 3. The number of aromatic nitrogens is 1. The number of anilines is 1. The predicted octanol–water partition coefficient (Wildman–Crippen LogP) is 0.747. The summed E-state index contributed by atoms with van der Waals surface area (Å²) in [6.45, 7) is 3.86. The molecule has 16 heavy (non-hydrogen) atoms. The second-order valence-corrected chi connectivity index (χ2v) is 4.44. The lowest BCUT2D eigenvalue weighted by atomic mass is 10.0. The van der Waals surface area contributed by atoms with Gasteiger partial charge in [0.25, 0.3) is 0 Å². The molecule has 1 aliphatic heterocycles. The molecule has 1 aromatic rings. The lowest BCUT2D eigenvalue weighted by molar-refractivity contribution is 0.244. The van der Waals surface area contributed by atoms with Crippen LogP contribution in [0.15, 0.2) is 18.3 Å². The standard InChI is InChI=1S/C12H19N3O/c1-9-3-5-15(11(9)8-16)12-6-10(7-13)2-4-14-12/h2,4,6,9,11,16H,3,5,7-8,13H2,1H3. The molecule has 4 heteroatoms. The van der Waals surface area contributed by atoms with Crippen LogP contribution < -0.4 is 10.6 Å². The summed E-state index contributed by atoms with van der Waals surface area (Å²) in [6.07, 6.45) is 2.90. The maximum Gasteiger partial charge on any atom is 0.129 e. The number of aliphatic hydroxyl groups is 1. The van der Waals surface area contributed by atoms with Gasteiger partial charge in [0.05, 0.1) is 12.6 Å². The van der Waals surface area contributed by atoms with E-state index in [1.54, 1.807) is 6.20 Å². The zero-order chi connectivity index (χ0) is 11.5. The molecule has 0 amide bonds. The van der Waals surface area contributed by atoms with Gasteiger partial charge in [0, 0.05) is 19.3 Å². The first-order valence-corrected chi connectivity index (χ1v) is 5.78. The van der Waals surface area contributed by atoms with Crippen LogP contribution in [0.2, 0.25) is 0 Å². The van der Waals surface area contributed by atoms with Crippen LogP contribution in [-0.2, 0) is 6.54 Å². The maximum atomic E-state index is 9.40. The van der Waals surface area contributed by atoms with Crippen molar-refractivity contribution < 1.29 is 5.11 Å². The first-order valence-electron chi connectivity index (χ1n) is 5.78. The summed E-state index contributed by atoms with van der Waals surface area (Å²) in [4.78, 5) is 6.55. The third-order valence-corrected chi connectivity index (χ3v) is 3.41. The Kier molecular flexibility index (Phi) is 3.41. The third-order valence-electron chi connectivity index (χ3n) is 3.41. The van der Waals surface area contributed by atoms with Gasteiger partial charge < -0.3 is 15.7 Å². The molecule has 1 aliphatic rings. The van der Waals surface area contributed by atoms with E-state index in [0.29, 0.717) is 12.5 Å². The molecule has 3 N–H and O–H groups in total. The van der Waals surface area contributed by atoms with Crippen LogP contribution in [0.4, 0.5) is 5.82 Å². The van der Waals surface area contributed by atoms with Crippen LogP contribution in [0.3, 0.4) is 0 Å². The van der Waals surface area contributed by atoms with E-state index in [1.807, 2.05) is 12.1 Å². The van der Waals surface area contributed by atoms with Gasteiger partial charge in [0.15, 0.2) is 0 Å². The van der Waals surface area contributed by atoms with E-state index in [-0.39, 0.29) is 12.6 Å². The molecule has 0 bridgehead atoms. The van der Waals surface area contributed by atoms with Crippen molar-refractivity contribution in [3.05, 3.63) is 23.9 Å². The topological polar surface area (TPSA) is 62.4 Å². The predicted molar refractivity (Wildman–Crippen MR) is 64.1 cm³/mol. The lowest BCUT2D eigenvalue weighted by Gasteiger charge is -2.26. The minimum atomic E-state index is 0.190. The van der Waals surface area contributed by atoms with Crippen molar-refractivity contribution in [1.82, 2.24) is 4.98 Å². The molecule has 4 nitrogen and oxygen atoms in total. The van der Waals surface area contributed by atoms with Gasteiger partial charge in [0.2, 0.25) is 0 Å². The fraction of sp³-hybridized carbons (Fsp3) is 0.583. The van der Waals surface area contributed by atoms with Gasteiger partial charge >= 0.3 is 0 Å². The summed E-state index contributed by atoms with van der Waals surface area (Å²) in [5.74, 6) is 1.46. The Labute approximate surface area is 96.1 Å². The highest BCUT2D eigenvalue weighted by Crippen LogP contribution is 2.28. The van der Waals surface area contributed by atoms with E-state index in [2.05, 4.69) is 16.8 Å². The molecule has 0 aliphatic carbocycles. The van der Waals surface area contributed by atoms with Crippen LogP contribution in [0.25, 0.3) is 0 Å². The maximum absolute atomic E-state index is 9.40. The van der Waals surface area contributed by atoms with E-state index in [0.717, 1.165) is 24.3 Å². The molecular formula is C12H19N3O. The normalized spacial score (nSPS) is 25.1. The minimum Gasteiger partial charge on any atom is -0.394 e. The Morgan fingerprint density at radius 1 is 1.62 bits per heavy atom. The van der Waals surface area contributed by atoms with E-state index in [1.165, 1.54) is 0 Å². The van der Waals surface area contributed by atoms with Gasteiger partial charge in [-0.15, -0.1) is 0 Å². The van der Waals surface area contributed by atoms with E-state index < -0.39 is 0 Å². The van der Waals surface area contributed by atoms with Crippen molar-refractivity contribution in [2.45, 2.75) is 25.9 Å². The van der Waals surface area contributed by atoms with Crippen molar-refractivity contribution in [2.24, 2.45) is 11.7 Å². The highest BCUT2D eigenvalue weighted by molar-refractivity contribution is 5.43. The Hall–Kier alpha value is -1.13. The molecule has 2 heterocycles. The van der Waals surface area contributed by atoms with Crippen LogP contribution in [0, 0.1) is 5.92 Å². The zero-order valence-electron chi connectivity index (χ0n) is 9.63. The number of pyridine rings is 1. The van der Waals surface area contributed by atoms with Crippen molar-refractivity contribution in [1.29, 1.82) is 0 Å². The Morgan fingerprint density at radius 3 is 3.12 bits per heavy atom. The van der Waals surface area contributed by atoms with Gasteiger partial charge in [-0.3, -0.25) is 0 Å². The van der Waals surface area contributed by atoms with Gasteiger partial charge in [-0.2, -0.15) is 0 Å². The minimum absolute atomic E-state index is 0.190. The van der Waals surface area contributed by atoms with Gasteiger partial charge in [-0.25, -0.2) is 4.98 Å².